The number of hydrogen-bond donors (Lipinski definition) is 0. The van der Waals surface area contributed by atoms with Crippen LogP contribution in [0.4, 0.5) is 0 Å². The highest BCUT2D eigenvalue weighted by atomic mass is 32.2. The van der Waals surface area contributed by atoms with Crippen LogP contribution in [-0.2, 0) is 26.5 Å². The lowest BCUT2D eigenvalue weighted by molar-refractivity contribution is -0.154. The molecular weight excluding hydrogens is 248 g/mol. The van der Waals surface area contributed by atoms with Crippen molar-refractivity contribution in [2.24, 2.45) is 0 Å². The number of rotatable bonds is 5. The molecule has 0 aliphatic heterocycles. The lowest BCUT2D eigenvalue weighted by Crippen LogP contribution is -2.25. The zero-order valence-corrected chi connectivity index (χ0v) is 12.0. The molecule has 100 valence electrons. The Kier molecular flexibility index (Phi) is 5.69. The van der Waals surface area contributed by atoms with Gasteiger partial charge in [-0.15, -0.1) is 0 Å². The van der Waals surface area contributed by atoms with Crippen LogP contribution in [0.25, 0.3) is 0 Å². The van der Waals surface area contributed by atoms with Crippen molar-refractivity contribution in [2.45, 2.75) is 38.5 Å². The van der Waals surface area contributed by atoms with E-state index in [-0.39, 0.29) is 12.4 Å². The molecule has 0 spiro atoms. The fourth-order valence-electron chi connectivity index (χ4n) is 1.42. The van der Waals surface area contributed by atoms with Gasteiger partial charge in [-0.1, -0.05) is 30.3 Å². The minimum Gasteiger partial charge on any atom is -0.616 e. The summed E-state index contributed by atoms with van der Waals surface area (Å²) in [7, 11) is 0. The van der Waals surface area contributed by atoms with Gasteiger partial charge in [-0.2, -0.15) is 0 Å². The highest BCUT2D eigenvalue weighted by molar-refractivity contribution is 7.90. The summed E-state index contributed by atoms with van der Waals surface area (Å²) in [4.78, 5) is 11.5. The maximum atomic E-state index is 11.8. The molecule has 1 unspecified atom stereocenters. The van der Waals surface area contributed by atoms with Gasteiger partial charge in [0, 0.05) is 5.56 Å². The van der Waals surface area contributed by atoms with Crippen molar-refractivity contribution >= 4 is 17.1 Å². The molecule has 0 bridgehead atoms. The molecule has 0 aliphatic rings. The first-order valence-electron chi connectivity index (χ1n) is 5.97. The molecule has 1 aromatic carbocycles. The van der Waals surface area contributed by atoms with Gasteiger partial charge in [-0.25, -0.2) is 0 Å². The Labute approximate surface area is 112 Å². The fraction of sp³-hybridized carbons (Fsp3) is 0.500. The normalized spacial score (nSPS) is 13.1. The third kappa shape index (κ3) is 6.67. The van der Waals surface area contributed by atoms with E-state index in [1.807, 2.05) is 51.1 Å². The van der Waals surface area contributed by atoms with E-state index < -0.39 is 16.8 Å². The van der Waals surface area contributed by atoms with Crippen molar-refractivity contribution in [2.75, 3.05) is 5.75 Å². The van der Waals surface area contributed by atoms with Gasteiger partial charge in [0.05, 0.1) is 6.42 Å². The Morgan fingerprint density at radius 1 is 1.28 bits per heavy atom. The standard InChI is InChI=1S/C14H20O3S/c1-14(2,3)17-13(15)9-10-18(16)11-12-7-5-4-6-8-12/h4-8H,9-11H2,1-3H3. The molecule has 3 nitrogen and oxygen atoms in total. The van der Waals surface area contributed by atoms with E-state index >= 15 is 0 Å². The quantitative estimate of drug-likeness (QED) is 0.609. The van der Waals surface area contributed by atoms with Gasteiger partial charge < -0.3 is 9.29 Å². The monoisotopic (exact) mass is 268 g/mol. The molecule has 0 aromatic heterocycles. The van der Waals surface area contributed by atoms with E-state index in [0.29, 0.717) is 11.5 Å². The number of carbonyl (C=O) groups excluding carboxylic acids is 1. The van der Waals surface area contributed by atoms with Crippen molar-refractivity contribution in [3.63, 3.8) is 0 Å². The highest BCUT2D eigenvalue weighted by Gasteiger charge is 2.18. The minimum atomic E-state index is -1.02. The summed E-state index contributed by atoms with van der Waals surface area (Å²) < 4.78 is 17.0. The molecule has 1 rings (SSSR count). The zero-order valence-electron chi connectivity index (χ0n) is 11.1. The molecule has 0 fully saturated rings. The van der Waals surface area contributed by atoms with Crippen LogP contribution in [0.1, 0.15) is 32.8 Å². The van der Waals surface area contributed by atoms with E-state index in [9.17, 15) is 9.35 Å². The maximum Gasteiger partial charge on any atom is 0.311 e. The molecular formula is C14H20O3S. The second kappa shape index (κ2) is 6.81. The second-order valence-corrected chi connectivity index (χ2v) is 6.69. The molecule has 1 atom stereocenters. The van der Waals surface area contributed by atoms with Crippen molar-refractivity contribution in [3.05, 3.63) is 35.9 Å². The Morgan fingerprint density at radius 2 is 1.89 bits per heavy atom. The first-order chi connectivity index (χ1) is 8.37. The zero-order chi connectivity index (χ0) is 13.6. The predicted molar refractivity (Wildman–Crippen MR) is 73.6 cm³/mol. The van der Waals surface area contributed by atoms with Crippen LogP contribution in [0.15, 0.2) is 30.3 Å². The van der Waals surface area contributed by atoms with E-state index in [1.54, 1.807) is 0 Å². The Hall–Kier alpha value is -1.00. The topological polar surface area (TPSA) is 49.4 Å². The average Bonchev–Trinajstić information content (AvgIpc) is 2.25. The van der Waals surface area contributed by atoms with Gasteiger partial charge in [-0.3, -0.25) is 4.79 Å². The van der Waals surface area contributed by atoms with Crippen LogP contribution in [-0.4, -0.2) is 21.9 Å². The van der Waals surface area contributed by atoms with Crippen LogP contribution in [0.2, 0.25) is 0 Å². The lowest BCUT2D eigenvalue weighted by atomic mass is 10.2. The van der Waals surface area contributed by atoms with Gasteiger partial charge in [-0.05, 0) is 31.9 Å². The summed E-state index contributed by atoms with van der Waals surface area (Å²) in [5.74, 6) is 0.553. The van der Waals surface area contributed by atoms with Crippen LogP contribution in [0.5, 0.6) is 0 Å². The van der Waals surface area contributed by atoms with E-state index in [2.05, 4.69) is 0 Å². The summed E-state index contributed by atoms with van der Waals surface area (Å²) in [6, 6.07) is 9.63. The van der Waals surface area contributed by atoms with E-state index in [4.69, 9.17) is 4.74 Å². The van der Waals surface area contributed by atoms with Crippen LogP contribution in [0, 0.1) is 0 Å². The van der Waals surface area contributed by atoms with Gasteiger partial charge >= 0.3 is 5.97 Å². The number of ether oxygens (including phenoxy) is 1. The first-order valence-corrected chi connectivity index (χ1v) is 7.46. The molecule has 0 heterocycles. The summed E-state index contributed by atoms with van der Waals surface area (Å²) in [6.45, 7) is 5.48. The number of benzene rings is 1. The number of hydrogen-bond acceptors (Lipinski definition) is 3. The molecule has 0 amide bonds. The number of carbonyl (C=O) groups is 1. The fourth-order valence-corrected chi connectivity index (χ4v) is 2.52. The molecule has 0 saturated carbocycles. The summed E-state index contributed by atoms with van der Waals surface area (Å²) in [5.41, 5.74) is 0.554. The molecule has 1 aromatic rings. The van der Waals surface area contributed by atoms with Gasteiger partial charge in [0.15, 0.2) is 0 Å². The van der Waals surface area contributed by atoms with Gasteiger partial charge in [0.25, 0.3) is 0 Å². The Bertz CT molecular complexity index is 370. The molecule has 0 radical (unpaired) electrons. The van der Waals surface area contributed by atoms with Crippen molar-refractivity contribution in [3.8, 4) is 0 Å². The largest absolute Gasteiger partial charge is 0.616 e. The maximum absolute atomic E-state index is 11.8. The van der Waals surface area contributed by atoms with Gasteiger partial charge in [0.1, 0.15) is 17.1 Å². The Balaban J connectivity index is 2.29. The molecule has 0 saturated heterocycles. The van der Waals surface area contributed by atoms with Gasteiger partial charge in [0.2, 0.25) is 0 Å². The number of esters is 1. The van der Waals surface area contributed by atoms with Crippen LogP contribution < -0.4 is 0 Å². The van der Waals surface area contributed by atoms with Crippen molar-refractivity contribution < 1.29 is 14.1 Å². The highest BCUT2D eigenvalue weighted by Crippen LogP contribution is 2.11. The van der Waals surface area contributed by atoms with Crippen LogP contribution in [0.3, 0.4) is 0 Å². The van der Waals surface area contributed by atoms with Crippen molar-refractivity contribution in [1.29, 1.82) is 0 Å². The van der Waals surface area contributed by atoms with E-state index in [1.165, 1.54) is 0 Å². The average molecular weight is 268 g/mol. The summed E-state index contributed by atoms with van der Waals surface area (Å²) >= 11 is -1.02. The minimum absolute atomic E-state index is 0.205. The van der Waals surface area contributed by atoms with Crippen LogP contribution >= 0.6 is 0 Å². The Morgan fingerprint density at radius 3 is 2.44 bits per heavy atom. The molecule has 0 N–H and O–H groups in total. The lowest BCUT2D eigenvalue weighted by Gasteiger charge is -2.19. The molecule has 4 heteroatoms. The second-order valence-electron chi connectivity index (χ2n) is 5.11. The molecule has 18 heavy (non-hydrogen) atoms. The van der Waals surface area contributed by atoms with Crippen molar-refractivity contribution in [1.82, 2.24) is 0 Å². The SMILES string of the molecule is CC(C)(C)OC(=O)CC[S+]([O-])Cc1ccccc1. The van der Waals surface area contributed by atoms with E-state index in [0.717, 1.165) is 5.56 Å². The summed E-state index contributed by atoms with van der Waals surface area (Å²) in [5, 5.41) is 0. The molecule has 0 aliphatic carbocycles. The summed E-state index contributed by atoms with van der Waals surface area (Å²) in [6.07, 6.45) is 0.205. The third-order valence-corrected chi connectivity index (χ3v) is 3.44. The third-order valence-electron chi connectivity index (χ3n) is 2.12. The predicted octanol–water partition coefficient (Wildman–Crippen LogP) is 2.67. The first kappa shape index (κ1) is 15.1. The smallest absolute Gasteiger partial charge is 0.311 e.